The lowest BCUT2D eigenvalue weighted by Gasteiger charge is -2.23. The Balaban J connectivity index is 3.00. The van der Waals surface area contributed by atoms with Crippen LogP contribution in [0.5, 0.6) is 0 Å². The molecule has 0 aliphatic heterocycles. The quantitative estimate of drug-likeness (QED) is 0.860. The average molecular weight is 240 g/mol. The predicted octanol–water partition coefficient (Wildman–Crippen LogP) is 2.72. The fourth-order valence-electron chi connectivity index (χ4n) is 1.72. The molecule has 0 heterocycles. The molecule has 0 aliphatic rings. The van der Waals surface area contributed by atoms with E-state index in [1.54, 1.807) is 26.0 Å². The van der Waals surface area contributed by atoms with Crippen LogP contribution in [0.4, 0.5) is 4.39 Å². The molecule has 3 nitrogen and oxygen atoms in total. The molecule has 0 aromatic heterocycles. The summed E-state index contributed by atoms with van der Waals surface area (Å²) < 4.78 is 18.5. The molecule has 0 spiro atoms. The second-order valence-corrected chi connectivity index (χ2v) is 4.69. The first-order chi connectivity index (χ1) is 7.86. The van der Waals surface area contributed by atoms with Crippen LogP contribution in [0.2, 0.25) is 0 Å². The number of aliphatic carboxylic acids is 1. The summed E-state index contributed by atoms with van der Waals surface area (Å²) in [6, 6.07) is 4.77. The molecule has 1 rings (SSSR count). The van der Waals surface area contributed by atoms with Gasteiger partial charge in [-0.3, -0.25) is 4.79 Å². The number of carboxylic acid groups (broad SMARTS) is 1. The summed E-state index contributed by atoms with van der Waals surface area (Å²) in [5.41, 5.74) is 0.567. The molecular weight excluding hydrogens is 223 g/mol. The van der Waals surface area contributed by atoms with Crippen molar-refractivity contribution >= 4 is 5.97 Å². The zero-order valence-corrected chi connectivity index (χ0v) is 10.3. The predicted molar refractivity (Wildman–Crippen MR) is 62.4 cm³/mol. The number of rotatable bonds is 5. The van der Waals surface area contributed by atoms with Gasteiger partial charge in [-0.15, -0.1) is 0 Å². The molecular formula is C13H17FO3. The molecule has 0 saturated carbocycles. The smallest absolute Gasteiger partial charge is 0.304 e. The third-order valence-electron chi connectivity index (χ3n) is 2.73. The lowest BCUT2D eigenvalue weighted by Crippen LogP contribution is -2.22. The zero-order chi connectivity index (χ0) is 13.1. The van der Waals surface area contributed by atoms with Crippen LogP contribution in [0.15, 0.2) is 18.2 Å². The first-order valence-corrected chi connectivity index (χ1v) is 5.36. The summed E-state index contributed by atoms with van der Waals surface area (Å²) in [6.07, 6.45) is -0.0317. The summed E-state index contributed by atoms with van der Waals surface area (Å²) in [5, 5.41) is 8.80. The van der Waals surface area contributed by atoms with Crippen molar-refractivity contribution in [3.63, 3.8) is 0 Å². The van der Waals surface area contributed by atoms with Gasteiger partial charge >= 0.3 is 5.97 Å². The van der Waals surface area contributed by atoms with Gasteiger partial charge in [0.2, 0.25) is 0 Å². The van der Waals surface area contributed by atoms with Crippen molar-refractivity contribution in [3.05, 3.63) is 35.1 Å². The van der Waals surface area contributed by atoms with Crippen LogP contribution >= 0.6 is 0 Å². The molecule has 0 unspecified atom stereocenters. The van der Waals surface area contributed by atoms with E-state index in [2.05, 4.69) is 0 Å². The molecule has 0 saturated heterocycles. The summed E-state index contributed by atoms with van der Waals surface area (Å²) in [4.78, 5) is 10.7. The minimum atomic E-state index is -0.892. The van der Waals surface area contributed by atoms with Crippen LogP contribution in [0.3, 0.4) is 0 Å². The molecule has 1 aromatic rings. The summed E-state index contributed by atoms with van der Waals surface area (Å²) in [5.74, 6) is -1.25. The number of carbonyl (C=O) groups is 1. The largest absolute Gasteiger partial charge is 0.481 e. The Bertz CT molecular complexity index is 413. The van der Waals surface area contributed by atoms with E-state index >= 15 is 0 Å². The fourth-order valence-corrected chi connectivity index (χ4v) is 1.72. The first kappa shape index (κ1) is 13.6. The van der Waals surface area contributed by atoms with Crippen LogP contribution < -0.4 is 0 Å². The van der Waals surface area contributed by atoms with Gasteiger partial charge in [0.15, 0.2) is 0 Å². The van der Waals surface area contributed by atoms with Crippen LogP contribution in [0, 0.1) is 5.82 Å². The van der Waals surface area contributed by atoms with Gasteiger partial charge in [0.25, 0.3) is 0 Å². The van der Waals surface area contributed by atoms with Gasteiger partial charge in [-0.05, 0) is 11.6 Å². The van der Waals surface area contributed by atoms with Crippen molar-refractivity contribution in [2.45, 2.75) is 32.3 Å². The SMILES string of the molecule is COCc1ccc(C(C)(C)CC(=O)O)cc1F. The third-order valence-corrected chi connectivity index (χ3v) is 2.73. The summed E-state index contributed by atoms with van der Waals surface area (Å²) in [6.45, 7) is 3.78. The Labute approximate surface area is 100 Å². The van der Waals surface area contributed by atoms with Crippen molar-refractivity contribution < 1.29 is 19.0 Å². The van der Waals surface area contributed by atoms with Crippen LogP contribution in [-0.4, -0.2) is 18.2 Å². The lowest BCUT2D eigenvalue weighted by atomic mass is 9.81. The van der Waals surface area contributed by atoms with Crippen molar-refractivity contribution in [2.75, 3.05) is 7.11 Å². The average Bonchev–Trinajstić information content (AvgIpc) is 2.19. The maximum atomic E-state index is 13.7. The number of methoxy groups -OCH3 is 1. The van der Waals surface area contributed by atoms with Crippen LogP contribution in [-0.2, 0) is 21.6 Å². The van der Waals surface area contributed by atoms with Crippen molar-refractivity contribution in [1.29, 1.82) is 0 Å². The standard InChI is InChI=1S/C13H17FO3/c1-13(2,7-12(15)16)10-5-4-9(8-17-3)11(14)6-10/h4-6H,7-8H2,1-3H3,(H,15,16). The number of halogens is 1. The number of hydrogen-bond acceptors (Lipinski definition) is 2. The molecule has 94 valence electrons. The van der Waals surface area contributed by atoms with E-state index in [-0.39, 0.29) is 18.8 Å². The Kier molecular flexibility index (Phi) is 4.23. The van der Waals surface area contributed by atoms with E-state index < -0.39 is 11.4 Å². The zero-order valence-electron chi connectivity index (χ0n) is 10.3. The van der Waals surface area contributed by atoms with E-state index in [9.17, 15) is 9.18 Å². The molecule has 0 aliphatic carbocycles. The minimum Gasteiger partial charge on any atom is -0.481 e. The molecule has 0 atom stereocenters. The molecule has 0 bridgehead atoms. The van der Waals surface area contributed by atoms with Crippen molar-refractivity contribution in [1.82, 2.24) is 0 Å². The van der Waals surface area contributed by atoms with E-state index in [1.807, 2.05) is 0 Å². The number of hydrogen-bond donors (Lipinski definition) is 1. The maximum Gasteiger partial charge on any atom is 0.304 e. The highest BCUT2D eigenvalue weighted by molar-refractivity contribution is 5.68. The van der Waals surface area contributed by atoms with E-state index in [1.165, 1.54) is 13.2 Å². The molecule has 0 radical (unpaired) electrons. The van der Waals surface area contributed by atoms with Gasteiger partial charge in [-0.2, -0.15) is 0 Å². The van der Waals surface area contributed by atoms with Crippen molar-refractivity contribution in [3.8, 4) is 0 Å². The van der Waals surface area contributed by atoms with Gasteiger partial charge in [-0.1, -0.05) is 26.0 Å². The third kappa shape index (κ3) is 3.53. The second kappa shape index (κ2) is 5.27. The molecule has 0 amide bonds. The van der Waals surface area contributed by atoms with Gasteiger partial charge in [-0.25, -0.2) is 4.39 Å². The van der Waals surface area contributed by atoms with Gasteiger partial charge in [0.1, 0.15) is 5.82 Å². The fraction of sp³-hybridized carbons (Fsp3) is 0.462. The Morgan fingerprint density at radius 3 is 2.59 bits per heavy atom. The van der Waals surface area contributed by atoms with Gasteiger partial charge in [0, 0.05) is 18.1 Å². The number of carboxylic acids is 1. The Morgan fingerprint density at radius 1 is 1.47 bits per heavy atom. The van der Waals surface area contributed by atoms with Crippen molar-refractivity contribution in [2.24, 2.45) is 0 Å². The molecule has 1 aromatic carbocycles. The molecule has 4 heteroatoms. The number of ether oxygens (including phenoxy) is 1. The van der Waals surface area contributed by atoms with Gasteiger partial charge in [0.05, 0.1) is 13.0 Å². The normalized spacial score (nSPS) is 11.5. The van der Waals surface area contributed by atoms with E-state index in [0.29, 0.717) is 11.1 Å². The van der Waals surface area contributed by atoms with Gasteiger partial charge < -0.3 is 9.84 Å². The van der Waals surface area contributed by atoms with Crippen LogP contribution in [0.25, 0.3) is 0 Å². The maximum absolute atomic E-state index is 13.7. The molecule has 17 heavy (non-hydrogen) atoms. The second-order valence-electron chi connectivity index (χ2n) is 4.69. The van der Waals surface area contributed by atoms with Crippen LogP contribution in [0.1, 0.15) is 31.4 Å². The highest BCUT2D eigenvalue weighted by Gasteiger charge is 2.24. The minimum absolute atomic E-state index is 0.0317. The summed E-state index contributed by atoms with van der Waals surface area (Å²) >= 11 is 0. The monoisotopic (exact) mass is 240 g/mol. The molecule has 0 fully saturated rings. The lowest BCUT2D eigenvalue weighted by molar-refractivity contribution is -0.138. The Morgan fingerprint density at radius 2 is 2.12 bits per heavy atom. The van der Waals surface area contributed by atoms with E-state index in [4.69, 9.17) is 9.84 Å². The highest BCUT2D eigenvalue weighted by Crippen LogP contribution is 2.28. The highest BCUT2D eigenvalue weighted by atomic mass is 19.1. The Hall–Kier alpha value is -1.42. The van der Waals surface area contributed by atoms with E-state index in [0.717, 1.165) is 0 Å². The summed E-state index contributed by atoms with van der Waals surface area (Å²) in [7, 11) is 1.50. The first-order valence-electron chi connectivity index (χ1n) is 5.36. The molecule has 1 N–H and O–H groups in total. The topological polar surface area (TPSA) is 46.5 Å². The number of benzene rings is 1.